The number of amides is 1. The van der Waals surface area contributed by atoms with E-state index in [1.165, 1.54) is 23.5 Å². The van der Waals surface area contributed by atoms with Gasteiger partial charge in [0.15, 0.2) is 0 Å². The average molecular weight is 362 g/mol. The van der Waals surface area contributed by atoms with Crippen LogP contribution in [0.15, 0.2) is 30.3 Å². The first-order chi connectivity index (χ1) is 13.2. The molecule has 0 radical (unpaired) electrons. The Bertz CT molecular complexity index is 852. The first kappa shape index (κ1) is 16.7. The van der Waals surface area contributed by atoms with Crippen molar-refractivity contribution in [1.29, 1.82) is 0 Å². The zero-order valence-corrected chi connectivity index (χ0v) is 15.9. The minimum Gasteiger partial charge on any atom is -0.356 e. The van der Waals surface area contributed by atoms with E-state index in [1.54, 1.807) is 0 Å². The van der Waals surface area contributed by atoms with Crippen LogP contribution >= 0.6 is 0 Å². The number of likely N-dealkylation sites (tertiary alicyclic amines) is 1. The van der Waals surface area contributed by atoms with E-state index in [9.17, 15) is 4.79 Å². The summed E-state index contributed by atoms with van der Waals surface area (Å²) in [6, 6.07) is 10.1. The van der Waals surface area contributed by atoms with Crippen LogP contribution in [-0.4, -0.2) is 47.0 Å². The van der Waals surface area contributed by atoms with Gasteiger partial charge in [-0.3, -0.25) is 4.79 Å². The van der Waals surface area contributed by atoms with E-state index in [4.69, 9.17) is 4.98 Å². The molecule has 3 heterocycles. The molecule has 5 heteroatoms. The smallest absolute Gasteiger partial charge is 0.227 e. The Kier molecular flexibility index (Phi) is 4.10. The highest BCUT2D eigenvalue weighted by Gasteiger charge is 2.42. The van der Waals surface area contributed by atoms with Crippen LogP contribution in [0.2, 0.25) is 0 Å². The van der Waals surface area contributed by atoms with Crippen LogP contribution in [0.3, 0.4) is 0 Å². The summed E-state index contributed by atoms with van der Waals surface area (Å²) in [6.45, 7) is 5.81. The van der Waals surface area contributed by atoms with Gasteiger partial charge in [0.2, 0.25) is 5.91 Å². The van der Waals surface area contributed by atoms with Crippen molar-refractivity contribution in [1.82, 2.24) is 14.9 Å². The summed E-state index contributed by atoms with van der Waals surface area (Å²) in [5.41, 5.74) is 3.74. The molecule has 0 saturated carbocycles. The maximum atomic E-state index is 12.7. The lowest BCUT2D eigenvalue weighted by molar-refractivity contribution is -0.129. The van der Waals surface area contributed by atoms with Crippen LogP contribution in [0.5, 0.6) is 0 Å². The van der Waals surface area contributed by atoms with E-state index < -0.39 is 0 Å². The van der Waals surface area contributed by atoms with Crippen molar-refractivity contribution >= 4 is 11.7 Å². The van der Waals surface area contributed by atoms with Crippen LogP contribution in [-0.2, 0) is 24.1 Å². The number of hydrogen-bond donors (Lipinski definition) is 0. The van der Waals surface area contributed by atoms with Gasteiger partial charge in [-0.1, -0.05) is 30.3 Å². The van der Waals surface area contributed by atoms with Gasteiger partial charge in [-0.25, -0.2) is 9.97 Å². The van der Waals surface area contributed by atoms with E-state index in [0.29, 0.717) is 18.3 Å². The van der Waals surface area contributed by atoms with Gasteiger partial charge in [0, 0.05) is 49.3 Å². The normalized spacial score (nSPS) is 23.6. The largest absolute Gasteiger partial charge is 0.356 e. The number of carbonyl (C=O) groups is 1. The van der Waals surface area contributed by atoms with Crippen LogP contribution in [0.4, 0.5) is 5.82 Å². The molecular formula is C22H26N4O. The molecule has 0 N–H and O–H groups in total. The monoisotopic (exact) mass is 362 g/mol. The fourth-order valence-electron chi connectivity index (χ4n) is 5.05. The number of carbonyl (C=O) groups excluding carboxylic acids is 1. The third kappa shape index (κ3) is 3.09. The lowest BCUT2D eigenvalue weighted by Gasteiger charge is -2.24. The molecule has 1 aliphatic carbocycles. The van der Waals surface area contributed by atoms with Gasteiger partial charge in [-0.05, 0) is 31.7 Å². The number of fused-ring (bicyclic) bond motifs is 2. The molecule has 0 spiro atoms. The lowest BCUT2D eigenvalue weighted by atomic mass is 10.0. The second kappa shape index (κ2) is 6.63. The van der Waals surface area contributed by atoms with E-state index in [2.05, 4.69) is 14.8 Å². The minimum absolute atomic E-state index is 0.265. The number of rotatable bonds is 3. The van der Waals surface area contributed by atoms with Gasteiger partial charge in [-0.15, -0.1) is 0 Å². The minimum atomic E-state index is 0.265. The second-order valence-electron chi connectivity index (χ2n) is 8.26. The predicted octanol–water partition coefficient (Wildman–Crippen LogP) is 2.41. The summed E-state index contributed by atoms with van der Waals surface area (Å²) in [5, 5.41) is 0. The van der Waals surface area contributed by atoms with Crippen LogP contribution in [0.1, 0.15) is 29.1 Å². The van der Waals surface area contributed by atoms with Gasteiger partial charge < -0.3 is 9.80 Å². The first-order valence-corrected chi connectivity index (χ1v) is 10.1. The summed E-state index contributed by atoms with van der Waals surface area (Å²) in [7, 11) is 0. The Hall–Kier alpha value is -2.43. The lowest BCUT2D eigenvalue weighted by Crippen LogP contribution is -2.34. The van der Waals surface area contributed by atoms with Crippen molar-refractivity contribution in [2.75, 3.05) is 31.1 Å². The van der Waals surface area contributed by atoms with Crippen LogP contribution < -0.4 is 4.90 Å². The highest BCUT2D eigenvalue weighted by Crippen LogP contribution is 2.37. The summed E-state index contributed by atoms with van der Waals surface area (Å²) in [5.74, 6) is 3.46. The molecule has 1 aromatic carbocycles. The van der Waals surface area contributed by atoms with Crippen LogP contribution in [0.25, 0.3) is 0 Å². The summed E-state index contributed by atoms with van der Waals surface area (Å²) in [6.07, 6.45) is 3.91. The molecule has 5 rings (SSSR count). The number of anilines is 1. The molecule has 2 aromatic rings. The fourth-order valence-corrected chi connectivity index (χ4v) is 5.05. The Morgan fingerprint density at radius 3 is 2.52 bits per heavy atom. The van der Waals surface area contributed by atoms with Gasteiger partial charge in [0.1, 0.15) is 11.6 Å². The number of benzene rings is 1. The van der Waals surface area contributed by atoms with Crippen molar-refractivity contribution in [3.8, 4) is 0 Å². The molecule has 3 aliphatic rings. The van der Waals surface area contributed by atoms with Crippen molar-refractivity contribution in [3.05, 3.63) is 53.0 Å². The number of nitrogens with zero attached hydrogens (tertiary/aromatic N) is 4. The molecule has 27 heavy (non-hydrogen) atoms. The average Bonchev–Trinajstić information content (AvgIpc) is 3.36. The van der Waals surface area contributed by atoms with E-state index in [-0.39, 0.29) is 5.91 Å². The standard InChI is InChI=1S/C22H26N4O/c1-15-23-20-9-5-8-19(20)22(24-15)26-13-17-11-25(12-18(17)14-26)21(27)10-16-6-3-2-4-7-16/h2-4,6-7,17-18H,5,8-14H2,1H3. The van der Waals surface area contributed by atoms with E-state index in [0.717, 1.165) is 50.4 Å². The third-order valence-electron chi connectivity index (χ3n) is 6.36. The quantitative estimate of drug-likeness (QED) is 0.841. The molecule has 2 aliphatic heterocycles. The SMILES string of the molecule is Cc1nc2c(c(N3CC4CN(C(=O)Cc5ccccc5)CC4C3)n1)CCC2. The van der Waals surface area contributed by atoms with Crippen molar-refractivity contribution in [2.24, 2.45) is 11.8 Å². The summed E-state index contributed by atoms with van der Waals surface area (Å²) in [4.78, 5) is 26.7. The molecular weight excluding hydrogens is 336 g/mol. The molecule has 2 saturated heterocycles. The zero-order valence-electron chi connectivity index (χ0n) is 15.9. The number of hydrogen-bond acceptors (Lipinski definition) is 4. The third-order valence-corrected chi connectivity index (χ3v) is 6.36. The fraction of sp³-hybridized carbons (Fsp3) is 0.500. The Morgan fingerprint density at radius 2 is 1.78 bits per heavy atom. The number of aryl methyl sites for hydroxylation is 2. The highest BCUT2D eigenvalue weighted by atomic mass is 16.2. The second-order valence-corrected chi connectivity index (χ2v) is 8.26. The molecule has 1 amide bonds. The highest BCUT2D eigenvalue weighted by molar-refractivity contribution is 5.79. The summed E-state index contributed by atoms with van der Waals surface area (Å²) < 4.78 is 0. The van der Waals surface area contributed by atoms with Crippen molar-refractivity contribution in [3.63, 3.8) is 0 Å². The maximum Gasteiger partial charge on any atom is 0.227 e. The van der Waals surface area contributed by atoms with Gasteiger partial charge >= 0.3 is 0 Å². The Labute approximate surface area is 160 Å². The van der Waals surface area contributed by atoms with Crippen molar-refractivity contribution < 1.29 is 4.79 Å². The van der Waals surface area contributed by atoms with Crippen LogP contribution in [0, 0.1) is 18.8 Å². The van der Waals surface area contributed by atoms with E-state index in [1.807, 2.05) is 37.3 Å². The molecule has 2 fully saturated rings. The first-order valence-electron chi connectivity index (χ1n) is 10.1. The maximum absolute atomic E-state index is 12.7. The molecule has 5 nitrogen and oxygen atoms in total. The molecule has 2 unspecified atom stereocenters. The molecule has 140 valence electrons. The number of aromatic nitrogens is 2. The van der Waals surface area contributed by atoms with E-state index >= 15 is 0 Å². The van der Waals surface area contributed by atoms with Gasteiger partial charge in [0.25, 0.3) is 0 Å². The van der Waals surface area contributed by atoms with Gasteiger partial charge in [-0.2, -0.15) is 0 Å². The Morgan fingerprint density at radius 1 is 1.04 bits per heavy atom. The van der Waals surface area contributed by atoms with Crippen molar-refractivity contribution in [2.45, 2.75) is 32.6 Å². The van der Waals surface area contributed by atoms with Gasteiger partial charge in [0.05, 0.1) is 6.42 Å². The topological polar surface area (TPSA) is 49.3 Å². The summed E-state index contributed by atoms with van der Waals surface area (Å²) >= 11 is 0. The zero-order chi connectivity index (χ0) is 18.4. The predicted molar refractivity (Wildman–Crippen MR) is 105 cm³/mol. The molecule has 1 aromatic heterocycles. The molecule has 2 atom stereocenters. The Balaban J connectivity index is 1.26. The molecule has 0 bridgehead atoms.